The molecular weight excluding hydrogens is 375 g/mol. The van der Waals surface area contributed by atoms with Crippen molar-refractivity contribution in [3.63, 3.8) is 0 Å². The first-order valence-electron chi connectivity index (χ1n) is 9.71. The third kappa shape index (κ3) is 3.35. The third-order valence-electron chi connectivity index (χ3n) is 5.32. The molecule has 3 heterocycles. The summed E-state index contributed by atoms with van der Waals surface area (Å²) in [5.41, 5.74) is 2.53. The van der Waals surface area contributed by atoms with Gasteiger partial charge in [0.2, 0.25) is 0 Å². The van der Waals surface area contributed by atoms with Gasteiger partial charge in [-0.2, -0.15) is 0 Å². The van der Waals surface area contributed by atoms with Gasteiger partial charge in [0.1, 0.15) is 23.4 Å². The van der Waals surface area contributed by atoms with E-state index in [0.29, 0.717) is 29.3 Å². The Hall–Kier alpha value is -3.29. The molecule has 1 amide bonds. The molecule has 8 heteroatoms. The largest absolute Gasteiger partial charge is 0.487 e. The van der Waals surface area contributed by atoms with E-state index in [9.17, 15) is 9.18 Å². The van der Waals surface area contributed by atoms with Crippen molar-refractivity contribution in [2.24, 2.45) is 0 Å². The minimum atomic E-state index is -0.367. The Bertz CT molecular complexity index is 1070. The average molecular weight is 394 g/mol. The van der Waals surface area contributed by atoms with E-state index in [0.717, 1.165) is 42.6 Å². The number of fused-ring (bicyclic) bond motifs is 2. The van der Waals surface area contributed by atoms with Gasteiger partial charge in [-0.3, -0.25) is 4.79 Å². The number of aromatic nitrogens is 3. The maximum atomic E-state index is 14.1. The third-order valence-corrected chi connectivity index (χ3v) is 5.32. The Morgan fingerprint density at radius 1 is 1.21 bits per heavy atom. The smallest absolute Gasteiger partial charge is 0.273 e. The first-order valence-corrected chi connectivity index (χ1v) is 9.71. The van der Waals surface area contributed by atoms with E-state index in [2.05, 4.69) is 20.4 Å². The molecule has 1 N–H and O–H groups in total. The molecule has 1 atom stereocenters. The van der Waals surface area contributed by atoms with Gasteiger partial charge in [0.25, 0.3) is 5.91 Å². The van der Waals surface area contributed by atoms with Crippen LogP contribution < -0.4 is 10.1 Å². The topological polar surface area (TPSA) is 90.1 Å². The minimum Gasteiger partial charge on any atom is -0.487 e. The summed E-state index contributed by atoms with van der Waals surface area (Å²) in [4.78, 5) is 21.0. The molecule has 3 aromatic rings. The SMILES string of the molecule is O=C(NC[C@@H]1Cc2cc(F)cc(-c3ncccn3)c2O1)c1noc2c1CCCC2. The Morgan fingerprint density at radius 3 is 2.90 bits per heavy atom. The highest BCUT2D eigenvalue weighted by molar-refractivity contribution is 5.93. The molecule has 2 aromatic heterocycles. The monoisotopic (exact) mass is 394 g/mol. The van der Waals surface area contributed by atoms with Crippen LogP contribution in [0.2, 0.25) is 0 Å². The van der Waals surface area contributed by atoms with Crippen molar-refractivity contribution < 1.29 is 18.4 Å². The van der Waals surface area contributed by atoms with Gasteiger partial charge in [-0.05, 0) is 37.5 Å². The number of rotatable bonds is 4. The first-order chi connectivity index (χ1) is 14.2. The number of ether oxygens (including phenoxy) is 1. The number of nitrogens with zero attached hydrogens (tertiary/aromatic N) is 3. The summed E-state index contributed by atoms with van der Waals surface area (Å²) in [5.74, 6) is 1.15. The number of aryl methyl sites for hydroxylation is 1. The van der Waals surface area contributed by atoms with Crippen LogP contribution in [0.4, 0.5) is 4.39 Å². The standard InChI is InChI=1S/C21H19FN4O3/c22-13-8-12-9-14(28-19(12)16(10-13)20-23-6-3-7-24-20)11-25-21(27)18-15-4-1-2-5-17(15)29-26-18/h3,6-8,10,14H,1-2,4-5,9,11H2,(H,25,27)/t14-/m0/s1. The number of hydrogen-bond acceptors (Lipinski definition) is 6. The molecule has 1 aliphatic carbocycles. The van der Waals surface area contributed by atoms with E-state index < -0.39 is 0 Å². The molecule has 0 bridgehead atoms. The second kappa shape index (κ2) is 7.27. The molecule has 0 saturated heterocycles. The number of amides is 1. The summed E-state index contributed by atoms with van der Waals surface area (Å²) in [5, 5.41) is 6.83. The summed E-state index contributed by atoms with van der Waals surface area (Å²) in [7, 11) is 0. The van der Waals surface area contributed by atoms with Crippen molar-refractivity contribution >= 4 is 5.91 Å². The summed E-state index contributed by atoms with van der Waals surface area (Å²) in [6.07, 6.45) is 7.12. The van der Waals surface area contributed by atoms with Crippen molar-refractivity contribution in [2.45, 2.75) is 38.2 Å². The molecular formula is C21H19FN4O3. The maximum absolute atomic E-state index is 14.1. The predicted octanol–water partition coefficient (Wildman–Crippen LogP) is 2.88. The zero-order chi connectivity index (χ0) is 19.8. The van der Waals surface area contributed by atoms with E-state index in [1.807, 2.05) is 0 Å². The van der Waals surface area contributed by atoms with Gasteiger partial charge in [-0.1, -0.05) is 5.16 Å². The van der Waals surface area contributed by atoms with Crippen LogP contribution in [0.3, 0.4) is 0 Å². The van der Waals surface area contributed by atoms with Gasteiger partial charge in [-0.25, -0.2) is 14.4 Å². The molecule has 0 saturated carbocycles. The van der Waals surface area contributed by atoms with Gasteiger partial charge in [0.05, 0.1) is 12.1 Å². The quantitative estimate of drug-likeness (QED) is 0.732. The van der Waals surface area contributed by atoms with E-state index in [-0.39, 0.29) is 24.4 Å². The molecule has 1 aromatic carbocycles. The summed E-state index contributed by atoms with van der Waals surface area (Å²) in [6.45, 7) is 0.284. The van der Waals surface area contributed by atoms with E-state index in [4.69, 9.17) is 9.26 Å². The summed E-state index contributed by atoms with van der Waals surface area (Å²) < 4.78 is 25.4. The van der Waals surface area contributed by atoms with Crippen molar-refractivity contribution in [1.82, 2.24) is 20.4 Å². The Kier molecular flexibility index (Phi) is 4.46. The Labute approximate surface area is 166 Å². The fourth-order valence-electron chi connectivity index (χ4n) is 3.97. The summed E-state index contributed by atoms with van der Waals surface area (Å²) >= 11 is 0. The fourth-order valence-corrected chi connectivity index (χ4v) is 3.97. The Balaban J connectivity index is 1.30. The van der Waals surface area contributed by atoms with Crippen LogP contribution in [0.1, 0.15) is 40.2 Å². The molecule has 0 spiro atoms. The number of hydrogen-bond donors (Lipinski definition) is 1. The lowest BCUT2D eigenvalue weighted by Gasteiger charge is -2.13. The molecule has 7 nitrogen and oxygen atoms in total. The van der Waals surface area contributed by atoms with Gasteiger partial charge in [0, 0.05) is 36.4 Å². The highest BCUT2D eigenvalue weighted by Gasteiger charge is 2.29. The van der Waals surface area contributed by atoms with Crippen LogP contribution in [0.25, 0.3) is 11.4 Å². The molecule has 148 valence electrons. The molecule has 0 fully saturated rings. The zero-order valence-corrected chi connectivity index (χ0v) is 15.7. The second-order valence-corrected chi connectivity index (χ2v) is 7.31. The van der Waals surface area contributed by atoms with Crippen molar-refractivity contribution in [1.29, 1.82) is 0 Å². The van der Waals surface area contributed by atoms with E-state index in [1.54, 1.807) is 18.5 Å². The summed E-state index contributed by atoms with van der Waals surface area (Å²) in [6, 6.07) is 4.53. The van der Waals surface area contributed by atoms with Gasteiger partial charge >= 0.3 is 0 Å². The van der Waals surface area contributed by atoms with Crippen LogP contribution >= 0.6 is 0 Å². The highest BCUT2D eigenvalue weighted by atomic mass is 19.1. The molecule has 2 aliphatic rings. The van der Waals surface area contributed by atoms with Crippen molar-refractivity contribution in [3.05, 3.63) is 59.0 Å². The number of carbonyl (C=O) groups excluding carboxylic acids is 1. The average Bonchev–Trinajstić information content (AvgIpc) is 3.36. The zero-order valence-electron chi connectivity index (χ0n) is 15.7. The lowest BCUT2D eigenvalue weighted by Crippen LogP contribution is -2.35. The first kappa shape index (κ1) is 17.8. The van der Waals surface area contributed by atoms with Crippen LogP contribution in [0.15, 0.2) is 35.1 Å². The normalized spacial score (nSPS) is 17.3. The van der Waals surface area contributed by atoms with Crippen molar-refractivity contribution in [2.75, 3.05) is 6.54 Å². The van der Waals surface area contributed by atoms with Crippen molar-refractivity contribution in [3.8, 4) is 17.1 Å². The number of halogens is 1. The minimum absolute atomic E-state index is 0.269. The van der Waals surface area contributed by atoms with Crippen LogP contribution in [0, 0.1) is 5.82 Å². The van der Waals surface area contributed by atoms with E-state index in [1.165, 1.54) is 12.1 Å². The number of benzene rings is 1. The van der Waals surface area contributed by atoms with E-state index >= 15 is 0 Å². The molecule has 0 radical (unpaired) electrons. The maximum Gasteiger partial charge on any atom is 0.273 e. The number of carbonyl (C=O) groups is 1. The molecule has 1 aliphatic heterocycles. The Morgan fingerprint density at radius 2 is 2.03 bits per heavy atom. The van der Waals surface area contributed by atoms with Gasteiger partial charge < -0.3 is 14.6 Å². The lowest BCUT2D eigenvalue weighted by atomic mass is 9.96. The van der Waals surface area contributed by atoms with Crippen LogP contribution in [0.5, 0.6) is 5.75 Å². The molecule has 0 unspecified atom stereocenters. The molecule has 5 rings (SSSR count). The van der Waals surface area contributed by atoms with Crippen LogP contribution in [-0.4, -0.2) is 33.7 Å². The highest BCUT2D eigenvalue weighted by Crippen LogP contribution is 2.38. The lowest BCUT2D eigenvalue weighted by molar-refractivity contribution is 0.0924. The number of nitrogens with one attached hydrogen (secondary N) is 1. The molecule has 29 heavy (non-hydrogen) atoms. The second-order valence-electron chi connectivity index (χ2n) is 7.31. The van der Waals surface area contributed by atoms with Gasteiger partial charge in [-0.15, -0.1) is 0 Å². The fraction of sp³-hybridized carbons (Fsp3) is 0.333. The predicted molar refractivity (Wildman–Crippen MR) is 101 cm³/mol. The van der Waals surface area contributed by atoms with Gasteiger partial charge in [0.15, 0.2) is 11.5 Å². The van der Waals surface area contributed by atoms with Crippen LogP contribution in [-0.2, 0) is 19.3 Å².